The van der Waals surface area contributed by atoms with Gasteiger partial charge in [-0.25, -0.2) is 0 Å². The van der Waals surface area contributed by atoms with Crippen molar-refractivity contribution in [1.29, 1.82) is 0 Å². The van der Waals surface area contributed by atoms with Gasteiger partial charge in [-0.1, -0.05) is 25.1 Å². The highest BCUT2D eigenvalue weighted by Gasteiger charge is 2.10. The Kier molecular flexibility index (Phi) is 3.18. The maximum absolute atomic E-state index is 4.59. The number of hydrogen-bond acceptors (Lipinski definition) is 3. The molecule has 0 radical (unpaired) electrons. The number of nitrogens with one attached hydrogen (secondary N) is 1. The fourth-order valence-corrected chi connectivity index (χ4v) is 2.54. The van der Waals surface area contributed by atoms with E-state index in [1.54, 1.807) is 0 Å². The topological polar surface area (TPSA) is 47.7 Å². The van der Waals surface area contributed by atoms with Gasteiger partial charge in [0.1, 0.15) is 0 Å². The molecule has 0 aliphatic rings. The van der Waals surface area contributed by atoms with Crippen molar-refractivity contribution in [1.82, 2.24) is 19.6 Å². The van der Waals surface area contributed by atoms with Gasteiger partial charge in [0, 0.05) is 25.7 Å². The Hall–Kier alpha value is -2.30. The van der Waals surface area contributed by atoms with Crippen molar-refractivity contribution in [3.8, 4) is 0 Å². The fourth-order valence-electron chi connectivity index (χ4n) is 2.54. The summed E-state index contributed by atoms with van der Waals surface area (Å²) >= 11 is 0. The van der Waals surface area contributed by atoms with Crippen molar-refractivity contribution in [3.63, 3.8) is 0 Å². The summed E-state index contributed by atoms with van der Waals surface area (Å²) in [7, 11) is 3.92. The van der Waals surface area contributed by atoms with Gasteiger partial charge < -0.3 is 5.32 Å². The standard InChI is InChI=1S/C15H19N5/c1-4-12-14(10-19(2)17-12)16-9-13-11-7-5-6-8-15(11)20(3)18-13/h5-8,10,16H,4,9H2,1-3H3. The van der Waals surface area contributed by atoms with Gasteiger partial charge in [0.05, 0.1) is 29.1 Å². The van der Waals surface area contributed by atoms with Crippen LogP contribution in [-0.2, 0) is 27.1 Å². The largest absolute Gasteiger partial charge is 0.377 e. The second-order valence-electron chi connectivity index (χ2n) is 4.96. The van der Waals surface area contributed by atoms with Crippen molar-refractivity contribution in [2.24, 2.45) is 14.1 Å². The third kappa shape index (κ3) is 2.15. The Morgan fingerprint density at radius 2 is 1.90 bits per heavy atom. The van der Waals surface area contributed by atoms with E-state index in [4.69, 9.17) is 0 Å². The number of benzene rings is 1. The van der Waals surface area contributed by atoms with Crippen molar-refractivity contribution in [2.75, 3.05) is 5.32 Å². The van der Waals surface area contributed by atoms with Crippen LogP contribution in [-0.4, -0.2) is 19.6 Å². The van der Waals surface area contributed by atoms with E-state index >= 15 is 0 Å². The zero-order chi connectivity index (χ0) is 14.1. The van der Waals surface area contributed by atoms with E-state index in [0.717, 1.165) is 29.0 Å². The molecular weight excluding hydrogens is 250 g/mol. The van der Waals surface area contributed by atoms with Crippen LogP contribution in [0.2, 0.25) is 0 Å². The Labute approximate surface area is 118 Å². The zero-order valence-corrected chi connectivity index (χ0v) is 12.1. The Morgan fingerprint density at radius 3 is 2.70 bits per heavy atom. The summed E-state index contributed by atoms with van der Waals surface area (Å²) in [5, 5.41) is 13.7. The fraction of sp³-hybridized carbons (Fsp3) is 0.333. The minimum Gasteiger partial charge on any atom is -0.377 e. The Bertz CT molecular complexity index is 738. The second kappa shape index (κ2) is 5.00. The van der Waals surface area contributed by atoms with Gasteiger partial charge in [0.25, 0.3) is 0 Å². The minimum atomic E-state index is 0.708. The molecule has 0 unspecified atom stereocenters. The lowest BCUT2D eigenvalue weighted by atomic mass is 10.2. The van der Waals surface area contributed by atoms with Crippen molar-refractivity contribution in [2.45, 2.75) is 19.9 Å². The van der Waals surface area contributed by atoms with E-state index in [1.807, 2.05) is 35.7 Å². The van der Waals surface area contributed by atoms with Gasteiger partial charge in [-0.2, -0.15) is 10.2 Å². The minimum absolute atomic E-state index is 0.708. The average molecular weight is 269 g/mol. The van der Waals surface area contributed by atoms with Crippen LogP contribution in [0.5, 0.6) is 0 Å². The molecule has 104 valence electrons. The SMILES string of the molecule is CCc1nn(C)cc1NCc1nn(C)c2ccccc12. The Balaban J connectivity index is 1.87. The lowest BCUT2D eigenvalue weighted by molar-refractivity contribution is 0.746. The number of aryl methyl sites for hydroxylation is 3. The summed E-state index contributed by atoms with van der Waals surface area (Å²) in [6, 6.07) is 8.29. The molecule has 3 aromatic rings. The van der Waals surface area contributed by atoms with E-state index in [2.05, 4.69) is 40.6 Å². The first-order valence-electron chi connectivity index (χ1n) is 6.86. The quantitative estimate of drug-likeness (QED) is 0.791. The van der Waals surface area contributed by atoms with Crippen molar-refractivity contribution in [3.05, 3.63) is 41.9 Å². The molecule has 20 heavy (non-hydrogen) atoms. The van der Waals surface area contributed by atoms with Gasteiger partial charge in [-0.3, -0.25) is 9.36 Å². The van der Waals surface area contributed by atoms with Gasteiger partial charge >= 0.3 is 0 Å². The molecule has 0 saturated heterocycles. The van der Waals surface area contributed by atoms with Crippen molar-refractivity contribution < 1.29 is 0 Å². The monoisotopic (exact) mass is 269 g/mol. The summed E-state index contributed by atoms with van der Waals surface area (Å²) in [6.45, 7) is 2.82. The molecule has 0 saturated carbocycles. The number of fused-ring (bicyclic) bond motifs is 1. The molecule has 0 fully saturated rings. The highest BCUT2D eigenvalue weighted by Crippen LogP contribution is 2.20. The highest BCUT2D eigenvalue weighted by atomic mass is 15.3. The van der Waals surface area contributed by atoms with Crippen LogP contribution in [0, 0.1) is 0 Å². The van der Waals surface area contributed by atoms with Crippen LogP contribution in [0.4, 0.5) is 5.69 Å². The molecule has 0 amide bonds. The zero-order valence-electron chi connectivity index (χ0n) is 12.1. The van der Waals surface area contributed by atoms with Crippen LogP contribution in [0.3, 0.4) is 0 Å². The number of nitrogens with zero attached hydrogens (tertiary/aromatic N) is 4. The van der Waals surface area contributed by atoms with Crippen molar-refractivity contribution >= 4 is 16.6 Å². The highest BCUT2D eigenvalue weighted by molar-refractivity contribution is 5.82. The smallest absolute Gasteiger partial charge is 0.0894 e. The van der Waals surface area contributed by atoms with E-state index < -0.39 is 0 Å². The van der Waals surface area contributed by atoms with E-state index in [1.165, 1.54) is 5.39 Å². The number of para-hydroxylation sites is 1. The molecule has 2 aromatic heterocycles. The maximum Gasteiger partial charge on any atom is 0.0894 e. The lowest BCUT2D eigenvalue weighted by Crippen LogP contribution is -2.02. The van der Waals surface area contributed by atoms with Crippen LogP contribution in [0.15, 0.2) is 30.5 Å². The normalized spacial score (nSPS) is 11.2. The van der Waals surface area contributed by atoms with Gasteiger partial charge in [-0.05, 0) is 12.5 Å². The molecule has 0 aliphatic heterocycles. The van der Waals surface area contributed by atoms with Gasteiger partial charge in [-0.15, -0.1) is 0 Å². The molecule has 0 spiro atoms. The summed E-state index contributed by atoms with van der Waals surface area (Å²) in [4.78, 5) is 0. The molecular formula is C15H19N5. The van der Waals surface area contributed by atoms with Gasteiger partial charge in [0.15, 0.2) is 0 Å². The summed E-state index contributed by atoms with van der Waals surface area (Å²) in [5.41, 5.74) is 4.40. The number of rotatable bonds is 4. The first kappa shape index (κ1) is 12.7. The molecule has 1 N–H and O–H groups in total. The summed E-state index contributed by atoms with van der Waals surface area (Å²) in [6.07, 6.45) is 2.94. The molecule has 5 nitrogen and oxygen atoms in total. The summed E-state index contributed by atoms with van der Waals surface area (Å²) < 4.78 is 3.77. The molecule has 5 heteroatoms. The Morgan fingerprint density at radius 1 is 1.10 bits per heavy atom. The molecule has 2 heterocycles. The van der Waals surface area contributed by atoms with E-state index in [0.29, 0.717) is 6.54 Å². The lowest BCUT2D eigenvalue weighted by Gasteiger charge is -2.03. The maximum atomic E-state index is 4.59. The third-order valence-electron chi connectivity index (χ3n) is 3.52. The third-order valence-corrected chi connectivity index (χ3v) is 3.52. The number of aromatic nitrogens is 4. The van der Waals surface area contributed by atoms with Gasteiger partial charge in [0.2, 0.25) is 0 Å². The molecule has 0 bridgehead atoms. The number of anilines is 1. The van der Waals surface area contributed by atoms with Crippen LogP contribution in [0.1, 0.15) is 18.3 Å². The molecule has 1 aromatic carbocycles. The first-order chi connectivity index (χ1) is 9.69. The van der Waals surface area contributed by atoms with Crippen LogP contribution in [0.25, 0.3) is 10.9 Å². The van der Waals surface area contributed by atoms with E-state index in [-0.39, 0.29) is 0 Å². The molecule has 0 aliphatic carbocycles. The number of hydrogen-bond donors (Lipinski definition) is 1. The summed E-state index contributed by atoms with van der Waals surface area (Å²) in [5.74, 6) is 0. The predicted octanol–water partition coefficient (Wildman–Crippen LogP) is 2.48. The van der Waals surface area contributed by atoms with E-state index in [9.17, 15) is 0 Å². The molecule has 0 atom stereocenters. The van der Waals surface area contributed by atoms with Crippen LogP contribution < -0.4 is 5.32 Å². The van der Waals surface area contributed by atoms with Crippen LogP contribution >= 0.6 is 0 Å². The second-order valence-corrected chi connectivity index (χ2v) is 4.96. The first-order valence-corrected chi connectivity index (χ1v) is 6.86. The predicted molar refractivity (Wildman–Crippen MR) is 80.6 cm³/mol. The average Bonchev–Trinajstić information content (AvgIpc) is 2.98. The molecule has 3 rings (SSSR count).